The van der Waals surface area contributed by atoms with E-state index in [4.69, 9.17) is 31.3 Å². The molecule has 0 unspecified atom stereocenters. The Morgan fingerprint density at radius 2 is 1.15 bits per heavy atom. The summed E-state index contributed by atoms with van der Waals surface area (Å²) in [6.07, 6.45) is 0.658. The molecule has 0 spiro atoms. The molecule has 0 bridgehead atoms. The normalized spacial score (nSPS) is 10.8. The maximum atomic E-state index is 11.2. The molecular formula is C21H38O11Si2. The molecule has 0 heterocycles. The third kappa shape index (κ3) is 15.5. The van der Waals surface area contributed by atoms with Gasteiger partial charge in [0.1, 0.15) is 0 Å². The predicted molar refractivity (Wildman–Crippen MR) is 127 cm³/mol. The number of ether oxygens (including phenoxy) is 1. The molecule has 196 valence electrons. The molecule has 0 aromatic rings. The summed E-state index contributed by atoms with van der Waals surface area (Å²) in [5.74, 6) is -2.52. The minimum Gasteiger partial charge on any atom is -0.462 e. The lowest BCUT2D eigenvalue weighted by molar-refractivity contribution is -0.147. The highest BCUT2D eigenvalue weighted by molar-refractivity contribution is 6.70. The highest BCUT2D eigenvalue weighted by Gasteiger charge is 2.48. The second kappa shape index (κ2) is 18.1. The first-order valence-electron chi connectivity index (χ1n) is 10.8. The van der Waals surface area contributed by atoms with Gasteiger partial charge in [0.15, 0.2) is 0 Å². The van der Waals surface area contributed by atoms with E-state index in [9.17, 15) is 19.2 Å². The van der Waals surface area contributed by atoms with Crippen LogP contribution in [0.2, 0.25) is 6.04 Å². The summed E-state index contributed by atoms with van der Waals surface area (Å²) in [5.41, 5.74) is 1.44. The quantitative estimate of drug-likeness (QED) is 0.136. The van der Waals surface area contributed by atoms with Crippen LogP contribution < -0.4 is 0 Å². The Kier molecular flexibility index (Phi) is 18.0. The van der Waals surface area contributed by atoms with Crippen molar-refractivity contribution in [3.8, 4) is 0 Å². The molecule has 0 saturated heterocycles. The van der Waals surface area contributed by atoms with Gasteiger partial charge in [0.25, 0.3) is 17.9 Å². The predicted octanol–water partition coefficient (Wildman–Crippen LogP) is 2.88. The van der Waals surface area contributed by atoms with Crippen LogP contribution in [0.3, 0.4) is 0 Å². The summed E-state index contributed by atoms with van der Waals surface area (Å²) >= 11 is 0. The largest absolute Gasteiger partial charge is 0.734 e. The summed E-state index contributed by atoms with van der Waals surface area (Å²) < 4.78 is 36.3. The fourth-order valence-electron chi connectivity index (χ4n) is 2.37. The Morgan fingerprint density at radius 1 is 0.765 bits per heavy atom. The molecule has 11 nitrogen and oxygen atoms in total. The number of carbonyl (C=O) groups is 4. The van der Waals surface area contributed by atoms with Gasteiger partial charge in [-0.2, -0.15) is 0 Å². The van der Waals surface area contributed by atoms with E-state index in [1.54, 1.807) is 6.92 Å². The Balaban J connectivity index is 0. The fraction of sp³-hybridized carbons (Fsp3) is 0.619. The van der Waals surface area contributed by atoms with Crippen LogP contribution in [0.15, 0.2) is 24.4 Å². The zero-order valence-electron chi connectivity index (χ0n) is 21.2. The van der Waals surface area contributed by atoms with Crippen LogP contribution in [0.4, 0.5) is 0 Å². The first-order chi connectivity index (χ1) is 15.8. The number of hydrogen-bond donors (Lipinski definition) is 0. The molecule has 0 atom stereocenters. The van der Waals surface area contributed by atoms with E-state index in [2.05, 4.69) is 13.2 Å². The van der Waals surface area contributed by atoms with Crippen molar-refractivity contribution in [3.63, 3.8) is 0 Å². The summed E-state index contributed by atoms with van der Waals surface area (Å²) in [6.45, 7) is 19.5. The number of hydrogen-bond acceptors (Lipinski definition) is 11. The zero-order chi connectivity index (χ0) is 26.8. The van der Waals surface area contributed by atoms with Crippen LogP contribution in [0.25, 0.3) is 0 Å². The topological polar surface area (TPSA) is 133 Å². The Hall–Kier alpha value is -2.33. The monoisotopic (exact) mass is 522 g/mol. The van der Waals surface area contributed by atoms with E-state index in [-0.39, 0.29) is 5.97 Å². The molecule has 0 aromatic carbocycles. The Bertz CT molecular complexity index is 636. The van der Waals surface area contributed by atoms with Crippen LogP contribution in [0.5, 0.6) is 0 Å². The van der Waals surface area contributed by atoms with Gasteiger partial charge in [-0.3, -0.25) is 14.4 Å². The van der Waals surface area contributed by atoms with Gasteiger partial charge < -0.3 is 31.3 Å². The second-order valence-corrected chi connectivity index (χ2v) is 11.6. The summed E-state index contributed by atoms with van der Waals surface area (Å²) in [5, 5.41) is 0. The molecule has 0 N–H and O–H groups in total. The van der Waals surface area contributed by atoms with Gasteiger partial charge in [0.2, 0.25) is 0 Å². The number of carbonyl (C=O) groups excluding carboxylic acids is 4. The average Bonchev–Trinajstić information content (AvgIpc) is 2.70. The van der Waals surface area contributed by atoms with Crippen molar-refractivity contribution < 1.29 is 50.5 Å². The van der Waals surface area contributed by atoms with Crippen LogP contribution in [-0.2, 0) is 50.5 Å². The minimum absolute atomic E-state index is 0.327. The lowest BCUT2D eigenvalue weighted by atomic mass is 10.4. The lowest BCUT2D eigenvalue weighted by Crippen LogP contribution is -2.47. The lowest BCUT2D eigenvalue weighted by Gasteiger charge is -2.28. The minimum atomic E-state index is -3.74. The molecule has 0 aliphatic rings. The molecule has 13 heteroatoms. The van der Waals surface area contributed by atoms with E-state index in [1.165, 1.54) is 0 Å². The van der Waals surface area contributed by atoms with E-state index in [0.29, 0.717) is 44.5 Å². The maximum Gasteiger partial charge on any atom is 0.734 e. The molecule has 0 radical (unpaired) electrons. The van der Waals surface area contributed by atoms with Crippen LogP contribution in [-0.4, -0.2) is 67.9 Å². The van der Waals surface area contributed by atoms with Gasteiger partial charge in [-0.25, -0.2) is 4.79 Å². The SMILES string of the molecule is C=C(C)C(=O)OCCC[Si](OCC)(OCC)OCC.C=C[Si](OC(C)=O)(OC(C)=O)OC(C)=O. The molecule has 0 aliphatic heterocycles. The van der Waals surface area contributed by atoms with Crippen molar-refractivity contribution in [2.45, 2.75) is 60.9 Å². The smallest absolute Gasteiger partial charge is 0.462 e. The van der Waals surface area contributed by atoms with Crippen molar-refractivity contribution in [1.29, 1.82) is 0 Å². The molecule has 0 fully saturated rings. The summed E-state index contributed by atoms with van der Waals surface area (Å²) in [6, 6.07) is 0.645. The van der Waals surface area contributed by atoms with E-state index in [0.717, 1.165) is 26.5 Å². The van der Waals surface area contributed by atoms with Gasteiger partial charge in [-0.15, -0.1) is 0 Å². The highest BCUT2D eigenvalue weighted by Crippen LogP contribution is 2.18. The first-order valence-corrected chi connectivity index (χ1v) is 14.5. The van der Waals surface area contributed by atoms with E-state index >= 15 is 0 Å². The molecule has 0 saturated carbocycles. The van der Waals surface area contributed by atoms with Gasteiger partial charge in [0.05, 0.1) is 6.61 Å². The Morgan fingerprint density at radius 3 is 1.41 bits per heavy atom. The number of esters is 1. The van der Waals surface area contributed by atoms with Crippen LogP contribution >= 0.6 is 0 Å². The molecule has 0 rings (SSSR count). The average molecular weight is 523 g/mol. The van der Waals surface area contributed by atoms with Crippen molar-refractivity contribution in [2.75, 3.05) is 26.4 Å². The molecule has 0 amide bonds. The van der Waals surface area contributed by atoms with Crippen molar-refractivity contribution >= 4 is 41.5 Å². The fourth-order valence-corrected chi connectivity index (χ4v) is 6.52. The Labute approximate surface area is 204 Å². The maximum absolute atomic E-state index is 11.2. The third-order valence-corrected chi connectivity index (χ3v) is 8.78. The standard InChI is InChI=1S/C13H26O5Si.C8H12O6Si/c1-6-16-19(17-7-2,18-8-3)11-9-10-15-13(14)12(4)5;1-5-15(12-6(2)9,13-7(3)10)14-8(4)11/h4,6-11H2,1-3,5H3;5H,1H2,2-4H3. The first kappa shape index (κ1) is 33.8. The zero-order valence-corrected chi connectivity index (χ0v) is 23.2. The van der Waals surface area contributed by atoms with Crippen LogP contribution in [0, 0.1) is 0 Å². The van der Waals surface area contributed by atoms with E-state index in [1.807, 2.05) is 20.8 Å². The highest BCUT2D eigenvalue weighted by atomic mass is 28.4. The van der Waals surface area contributed by atoms with Crippen molar-refractivity contribution in [2.24, 2.45) is 0 Å². The number of rotatable bonds is 15. The van der Waals surface area contributed by atoms with Crippen molar-refractivity contribution in [1.82, 2.24) is 0 Å². The van der Waals surface area contributed by atoms with Gasteiger partial charge in [-0.1, -0.05) is 13.2 Å². The molecule has 0 aromatic heterocycles. The summed E-state index contributed by atoms with van der Waals surface area (Å²) in [4.78, 5) is 43.5. The third-order valence-electron chi connectivity index (χ3n) is 3.41. The molecular weight excluding hydrogens is 484 g/mol. The van der Waals surface area contributed by atoms with Gasteiger partial charge >= 0.3 is 23.6 Å². The van der Waals surface area contributed by atoms with Gasteiger partial charge in [-0.05, 0) is 34.1 Å². The molecule has 34 heavy (non-hydrogen) atoms. The second-order valence-electron chi connectivity index (χ2n) is 6.59. The van der Waals surface area contributed by atoms with Crippen molar-refractivity contribution in [3.05, 3.63) is 24.4 Å². The summed E-state index contributed by atoms with van der Waals surface area (Å²) in [7, 11) is -6.35. The van der Waals surface area contributed by atoms with Crippen LogP contribution in [0.1, 0.15) is 54.9 Å². The van der Waals surface area contributed by atoms with Gasteiger partial charge in [0, 0.05) is 57.9 Å². The molecule has 0 aliphatic carbocycles. The van der Waals surface area contributed by atoms with E-state index < -0.39 is 35.5 Å².